The highest BCUT2D eigenvalue weighted by Crippen LogP contribution is 2.29. The highest BCUT2D eigenvalue weighted by atomic mass is 79.9. The molecule has 0 amide bonds. The minimum Gasteiger partial charge on any atom is -0.324 e. The molecule has 0 radical (unpaired) electrons. The van der Waals surface area contributed by atoms with Crippen molar-refractivity contribution in [3.05, 3.63) is 50.2 Å². The Labute approximate surface area is 133 Å². The summed E-state index contributed by atoms with van der Waals surface area (Å²) in [6, 6.07) is 5.86. The van der Waals surface area contributed by atoms with Gasteiger partial charge in [0.15, 0.2) is 0 Å². The number of nitrogens with zero attached hydrogens (tertiary/aromatic N) is 2. The summed E-state index contributed by atoms with van der Waals surface area (Å²) < 4.78 is 3.03. The predicted molar refractivity (Wildman–Crippen MR) is 87.2 cm³/mol. The summed E-state index contributed by atoms with van der Waals surface area (Å²) in [7, 11) is 0. The molecule has 0 spiro atoms. The predicted octanol–water partition coefficient (Wildman–Crippen LogP) is 4.18. The largest absolute Gasteiger partial charge is 0.324 e. The molecular formula is C15H19BrClN3. The molecule has 1 atom stereocenters. The molecule has 0 fully saturated rings. The van der Waals surface area contributed by atoms with Gasteiger partial charge in [0.25, 0.3) is 0 Å². The molecule has 2 aromatic rings. The third kappa shape index (κ3) is 3.08. The van der Waals surface area contributed by atoms with E-state index in [4.69, 9.17) is 17.3 Å². The second-order valence-electron chi connectivity index (χ2n) is 5.00. The number of nitrogens with two attached hydrogens (primary N) is 1. The molecule has 1 aromatic carbocycles. The molecular weight excluding hydrogens is 338 g/mol. The molecule has 0 bridgehead atoms. The molecule has 5 heteroatoms. The first-order valence-electron chi connectivity index (χ1n) is 6.67. The highest BCUT2D eigenvalue weighted by molar-refractivity contribution is 9.10. The first kappa shape index (κ1) is 15.5. The molecule has 3 nitrogen and oxygen atoms in total. The van der Waals surface area contributed by atoms with E-state index < -0.39 is 0 Å². The Morgan fingerprint density at radius 2 is 2.10 bits per heavy atom. The molecule has 1 unspecified atom stereocenters. The lowest BCUT2D eigenvalue weighted by Gasteiger charge is -2.15. The molecule has 0 aliphatic carbocycles. The number of rotatable bonds is 4. The van der Waals surface area contributed by atoms with Crippen LogP contribution < -0.4 is 5.73 Å². The van der Waals surface area contributed by atoms with Crippen LogP contribution in [0.3, 0.4) is 0 Å². The smallest absolute Gasteiger partial charge is 0.0738 e. The molecule has 2 N–H and O–H groups in total. The zero-order valence-electron chi connectivity index (χ0n) is 12.0. The van der Waals surface area contributed by atoms with E-state index in [2.05, 4.69) is 28.0 Å². The van der Waals surface area contributed by atoms with E-state index in [9.17, 15) is 0 Å². The number of benzene rings is 1. The van der Waals surface area contributed by atoms with Gasteiger partial charge in [0, 0.05) is 24.0 Å². The van der Waals surface area contributed by atoms with E-state index in [0.717, 1.165) is 38.6 Å². The Morgan fingerprint density at radius 3 is 2.70 bits per heavy atom. The second kappa shape index (κ2) is 6.29. The van der Waals surface area contributed by atoms with Crippen LogP contribution in [0.4, 0.5) is 0 Å². The lowest BCUT2D eigenvalue weighted by Crippen LogP contribution is -2.17. The molecule has 108 valence electrons. The zero-order valence-corrected chi connectivity index (χ0v) is 14.3. The molecule has 2 rings (SSSR count). The molecule has 0 aliphatic rings. The maximum absolute atomic E-state index is 6.33. The fourth-order valence-electron chi connectivity index (χ4n) is 2.32. The Morgan fingerprint density at radius 1 is 1.40 bits per heavy atom. The maximum Gasteiger partial charge on any atom is 0.0738 e. The van der Waals surface area contributed by atoms with Crippen LogP contribution in [0.2, 0.25) is 5.02 Å². The van der Waals surface area contributed by atoms with Gasteiger partial charge in [-0.15, -0.1) is 0 Å². The summed E-state index contributed by atoms with van der Waals surface area (Å²) in [5, 5.41) is 5.22. The molecule has 0 saturated carbocycles. The quantitative estimate of drug-likeness (QED) is 0.893. The number of aryl methyl sites for hydroxylation is 3. The monoisotopic (exact) mass is 355 g/mol. The van der Waals surface area contributed by atoms with Gasteiger partial charge in [-0.3, -0.25) is 4.68 Å². The molecule has 1 aromatic heterocycles. The van der Waals surface area contributed by atoms with Crippen LogP contribution in [0, 0.1) is 13.8 Å². The Hall–Kier alpha value is -0.840. The second-order valence-corrected chi connectivity index (χ2v) is 6.20. The van der Waals surface area contributed by atoms with Crippen molar-refractivity contribution < 1.29 is 0 Å². The van der Waals surface area contributed by atoms with Crippen LogP contribution in [0.5, 0.6) is 0 Å². The standard InChI is InChI=1S/C15H19BrClN3/c1-4-20-14(15(16)10(3)19-20)8-13(18)11-6-5-9(2)7-12(11)17/h5-7,13H,4,8,18H2,1-3H3. The van der Waals surface area contributed by atoms with Crippen LogP contribution >= 0.6 is 27.5 Å². The van der Waals surface area contributed by atoms with Gasteiger partial charge in [0.1, 0.15) is 0 Å². The van der Waals surface area contributed by atoms with Crippen molar-refractivity contribution >= 4 is 27.5 Å². The third-order valence-corrected chi connectivity index (χ3v) is 4.78. The van der Waals surface area contributed by atoms with Gasteiger partial charge in [0.05, 0.1) is 15.9 Å². The van der Waals surface area contributed by atoms with Crippen LogP contribution in [0.15, 0.2) is 22.7 Å². The van der Waals surface area contributed by atoms with Crippen molar-refractivity contribution in [2.24, 2.45) is 5.73 Å². The summed E-state index contributed by atoms with van der Waals surface area (Å²) >= 11 is 9.90. The number of hydrogen-bond acceptors (Lipinski definition) is 2. The van der Waals surface area contributed by atoms with Crippen molar-refractivity contribution in [3.8, 4) is 0 Å². The summed E-state index contributed by atoms with van der Waals surface area (Å²) in [5.74, 6) is 0. The average molecular weight is 357 g/mol. The Balaban J connectivity index is 2.30. The summed E-state index contributed by atoms with van der Waals surface area (Å²) in [6.07, 6.45) is 0.706. The van der Waals surface area contributed by atoms with Crippen LogP contribution in [-0.2, 0) is 13.0 Å². The molecule has 0 aliphatic heterocycles. The number of aromatic nitrogens is 2. The van der Waals surface area contributed by atoms with Gasteiger partial charge in [-0.1, -0.05) is 23.7 Å². The van der Waals surface area contributed by atoms with E-state index in [-0.39, 0.29) is 6.04 Å². The van der Waals surface area contributed by atoms with Crippen LogP contribution in [0.1, 0.15) is 35.5 Å². The minimum atomic E-state index is -0.138. The molecule has 0 saturated heterocycles. The summed E-state index contributed by atoms with van der Waals surface area (Å²) in [6.45, 7) is 6.92. The SMILES string of the molecule is CCn1nc(C)c(Br)c1CC(N)c1ccc(C)cc1Cl. The van der Waals surface area contributed by atoms with E-state index in [0.29, 0.717) is 6.42 Å². The molecule has 20 heavy (non-hydrogen) atoms. The molecule has 1 heterocycles. The Kier molecular flexibility index (Phi) is 4.89. The summed E-state index contributed by atoms with van der Waals surface area (Å²) in [4.78, 5) is 0. The van der Waals surface area contributed by atoms with Crippen molar-refractivity contribution in [2.75, 3.05) is 0 Å². The third-order valence-electron chi connectivity index (χ3n) is 3.42. The van der Waals surface area contributed by atoms with Crippen LogP contribution in [0.25, 0.3) is 0 Å². The number of hydrogen-bond donors (Lipinski definition) is 1. The van der Waals surface area contributed by atoms with Gasteiger partial charge < -0.3 is 5.73 Å². The normalized spacial score (nSPS) is 12.7. The minimum absolute atomic E-state index is 0.138. The van der Waals surface area contributed by atoms with Gasteiger partial charge in [-0.25, -0.2) is 0 Å². The maximum atomic E-state index is 6.33. The van der Waals surface area contributed by atoms with Crippen molar-refractivity contribution in [1.29, 1.82) is 0 Å². The lowest BCUT2D eigenvalue weighted by atomic mass is 10.0. The Bertz CT molecular complexity index is 622. The van der Waals surface area contributed by atoms with Crippen LogP contribution in [-0.4, -0.2) is 9.78 Å². The fourth-order valence-corrected chi connectivity index (χ4v) is 3.14. The van der Waals surface area contributed by atoms with Gasteiger partial charge in [-0.05, 0) is 53.9 Å². The fraction of sp³-hybridized carbons (Fsp3) is 0.400. The van der Waals surface area contributed by atoms with Gasteiger partial charge in [-0.2, -0.15) is 5.10 Å². The van der Waals surface area contributed by atoms with Gasteiger partial charge in [0.2, 0.25) is 0 Å². The zero-order chi connectivity index (χ0) is 14.9. The van der Waals surface area contributed by atoms with Crippen molar-refractivity contribution in [1.82, 2.24) is 9.78 Å². The van der Waals surface area contributed by atoms with Crippen molar-refractivity contribution in [3.63, 3.8) is 0 Å². The highest BCUT2D eigenvalue weighted by Gasteiger charge is 2.18. The van der Waals surface area contributed by atoms with E-state index in [1.807, 2.05) is 36.7 Å². The van der Waals surface area contributed by atoms with Gasteiger partial charge >= 0.3 is 0 Å². The summed E-state index contributed by atoms with van der Waals surface area (Å²) in [5.41, 5.74) is 10.6. The number of halogens is 2. The average Bonchev–Trinajstić information content (AvgIpc) is 2.66. The first-order valence-corrected chi connectivity index (χ1v) is 7.84. The topological polar surface area (TPSA) is 43.8 Å². The van der Waals surface area contributed by atoms with E-state index in [1.165, 1.54) is 0 Å². The van der Waals surface area contributed by atoms with E-state index in [1.54, 1.807) is 0 Å². The van der Waals surface area contributed by atoms with E-state index >= 15 is 0 Å². The first-order chi connectivity index (χ1) is 9.43. The van der Waals surface area contributed by atoms with Crippen molar-refractivity contribution in [2.45, 2.75) is 39.8 Å². The lowest BCUT2D eigenvalue weighted by molar-refractivity contribution is 0.586.